The highest BCUT2D eigenvalue weighted by Gasteiger charge is 2.12. The summed E-state index contributed by atoms with van der Waals surface area (Å²) in [6.07, 6.45) is 1.39. The van der Waals surface area contributed by atoms with Gasteiger partial charge in [0.05, 0.1) is 0 Å². The van der Waals surface area contributed by atoms with Crippen molar-refractivity contribution in [3.8, 4) is 0 Å². The first kappa shape index (κ1) is 18.0. The second-order valence-electron chi connectivity index (χ2n) is 5.39. The van der Waals surface area contributed by atoms with Gasteiger partial charge in [-0.05, 0) is 42.8 Å². The maximum atomic E-state index is 12.3. The van der Waals surface area contributed by atoms with Gasteiger partial charge in [0.1, 0.15) is 17.0 Å². The lowest BCUT2D eigenvalue weighted by Crippen LogP contribution is -2.30. The molecule has 0 aliphatic carbocycles. The predicted octanol–water partition coefficient (Wildman–Crippen LogP) is 3.93. The number of aromatic nitrogens is 2. The number of carbonyl (C=O) groups excluding carboxylic acids is 1. The average molecular weight is 386 g/mol. The second kappa shape index (κ2) is 8.07. The van der Waals surface area contributed by atoms with Crippen molar-refractivity contribution in [1.29, 1.82) is 0 Å². The molecule has 6 nitrogen and oxygen atoms in total. The second-order valence-corrected chi connectivity index (χ2v) is 6.89. The highest BCUT2D eigenvalue weighted by molar-refractivity contribution is 7.99. The maximum absolute atomic E-state index is 12.3. The lowest BCUT2D eigenvalue weighted by atomic mass is 10.1. The molecule has 132 valence electrons. The number of nitrogen functional groups attached to an aromatic ring is 1. The van der Waals surface area contributed by atoms with E-state index in [4.69, 9.17) is 17.3 Å². The van der Waals surface area contributed by atoms with E-state index in [0.29, 0.717) is 27.1 Å². The summed E-state index contributed by atoms with van der Waals surface area (Å²) >= 11 is 7.28. The van der Waals surface area contributed by atoms with E-state index in [9.17, 15) is 4.79 Å². The zero-order valence-electron chi connectivity index (χ0n) is 13.9. The summed E-state index contributed by atoms with van der Waals surface area (Å²) in [5.41, 5.74) is 13.3. The van der Waals surface area contributed by atoms with Gasteiger partial charge >= 0.3 is 0 Å². The number of hydrazine groups is 1. The van der Waals surface area contributed by atoms with Gasteiger partial charge in [-0.3, -0.25) is 15.6 Å². The molecule has 8 heteroatoms. The normalized spacial score (nSPS) is 10.4. The summed E-state index contributed by atoms with van der Waals surface area (Å²) in [6, 6.07) is 14.6. The average Bonchev–Trinajstić information content (AvgIpc) is 2.64. The van der Waals surface area contributed by atoms with Crippen LogP contribution in [0.2, 0.25) is 5.02 Å². The molecular weight excluding hydrogens is 370 g/mol. The third-order valence-electron chi connectivity index (χ3n) is 3.56. The number of nitrogens with zero attached hydrogens (tertiary/aromatic N) is 2. The number of nitrogens with two attached hydrogens (primary N) is 1. The topological polar surface area (TPSA) is 92.9 Å². The fourth-order valence-corrected chi connectivity index (χ4v) is 3.11. The van der Waals surface area contributed by atoms with Crippen LogP contribution in [0.5, 0.6) is 0 Å². The summed E-state index contributed by atoms with van der Waals surface area (Å²) in [5, 5.41) is 1.24. The number of halogens is 1. The summed E-state index contributed by atoms with van der Waals surface area (Å²) in [5.74, 6) is 0.0615. The predicted molar refractivity (Wildman–Crippen MR) is 104 cm³/mol. The Kier molecular flexibility index (Phi) is 5.60. The molecule has 0 aliphatic rings. The molecule has 0 saturated carbocycles. The van der Waals surface area contributed by atoms with Crippen molar-refractivity contribution >= 4 is 40.8 Å². The first-order valence-electron chi connectivity index (χ1n) is 7.70. The molecule has 4 N–H and O–H groups in total. The van der Waals surface area contributed by atoms with Gasteiger partial charge in [0.2, 0.25) is 0 Å². The van der Waals surface area contributed by atoms with Crippen molar-refractivity contribution in [2.75, 3.05) is 11.2 Å². The molecular formula is C18H16ClN5OS. The van der Waals surface area contributed by atoms with Crippen LogP contribution < -0.4 is 16.6 Å². The minimum Gasteiger partial charge on any atom is -0.393 e. The summed E-state index contributed by atoms with van der Waals surface area (Å²) in [4.78, 5) is 21.5. The number of hydrogen-bond donors (Lipinski definition) is 3. The molecule has 1 aromatic heterocycles. The van der Waals surface area contributed by atoms with E-state index in [1.54, 1.807) is 18.2 Å². The lowest BCUT2D eigenvalue weighted by Gasteiger charge is -2.12. The number of hydrogen-bond acceptors (Lipinski definition) is 6. The van der Waals surface area contributed by atoms with Crippen molar-refractivity contribution in [2.24, 2.45) is 0 Å². The molecule has 0 bridgehead atoms. The van der Waals surface area contributed by atoms with Crippen molar-refractivity contribution in [3.05, 3.63) is 71.0 Å². The number of carbonyl (C=O) groups is 1. The highest BCUT2D eigenvalue weighted by Crippen LogP contribution is 2.33. The van der Waals surface area contributed by atoms with Crippen molar-refractivity contribution in [2.45, 2.75) is 16.8 Å². The van der Waals surface area contributed by atoms with Gasteiger partial charge < -0.3 is 5.73 Å². The highest BCUT2D eigenvalue weighted by atomic mass is 35.5. The van der Waals surface area contributed by atoms with E-state index >= 15 is 0 Å². The Bertz CT molecular complexity index is 933. The smallest absolute Gasteiger partial charge is 0.269 e. The van der Waals surface area contributed by atoms with Crippen molar-refractivity contribution < 1.29 is 4.79 Å². The van der Waals surface area contributed by atoms with Gasteiger partial charge in [0, 0.05) is 15.5 Å². The van der Waals surface area contributed by atoms with Crippen LogP contribution in [0.3, 0.4) is 0 Å². The zero-order chi connectivity index (χ0) is 18.5. The standard InChI is InChI=1S/C18H16ClN5OS/c1-11-4-2-3-5-14(11)17(25)24-23-16-15(20)18(22-10-21-16)26-13-8-6-12(19)7-9-13/h2-10H,20H2,1H3,(H,24,25)(H,21,22,23). The molecule has 0 saturated heterocycles. The van der Waals surface area contributed by atoms with E-state index < -0.39 is 0 Å². The molecule has 0 unspecified atom stereocenters. The minimum absolute atomic E-state index is 0.270. The Morgan fingerprint density at radius 3 is 2.58 bits per heavy atom. The number of rotatable bonds is 5. The van der Waals surface area contributed by atoms with E-state index in [1.807, 2.05) is 37.3 Å². The lowest BCUT2D eigenvalue weighted by molar-refractivity contribution is 0.0962. The molecule has 0 radical (unpaired) electrons. The molecule has 1 amide bonds. The van der Waals surface area contributed by atoms with Crippen molar-refractivity contribution in [1.82, 2.24) is 15.4 Å². The first-order valence-corrected chi connectivity index (χ1v) is 8.90. The monoisotopic (exact) mass is 385 g/mol. The minimum atomic E-state index is -0.270. The van der Waals surface area contributed by atoms with Gasteiger partial charge in [-0.1, -0.05) is 41.6 Å². The summed E-state index contributed by atoms with van der Waals surface area (Å²) in [7, 11) is 0. The Labute approximate surface area is 160 Å². The van der Waals surface area contributed by atoms with Gasteiger partial charge in [-0.25, -0.2) is 9.97 Å². The van der Waals surface area contributed by atoms with E-state index in [2.05, 4.69) is 20.8 Å². The molecule has 0 fully saturated rings. The van der Waals surface area contributed by atoms with Gasteiger partial charge in [0.15, 0.2) is 5.82 Å². The molecule has 0 spiro atoms. The van der Waals surface area contributed by atoms with Gasteiger partial charge in [-0.15, -0.1) is 0 Å². The van der Waals surface area contributed by atoms with Crippen LogP contribution >= 0.6 is 23.4 Å². The molecule has 3 rings (SSSR count). The van der Waals surface area contributed by atoms with Crippen LogP contribution in [0.4, 0.5) is 11.5 Å². The van der Waals surface area contributed by atoms with Crippen LogP contribution in [0.25, 0.3) is 0 Å². The molecule has 26 heavy (non-hydrogen) atoms. The number of benzene rings is 2. The first-order chi connectivity index (χ1) is 12.5. The Hall–Kier alpha value is -2.77. The molecule has 2 aromatic carbocycles. The fourth-order valence-electron chi connectivity index (χ4n) is 2.19. The quantitative estimate of drug-likeness (QED) is 0.455. The third kappa shape index (κ3) is 4.25. The van der Waals surface area contributed by atoms with Gasteiger partial charge in [0.25, 0.3) is 5.91 Å². The number of anilines is 2. The van der Waals surface area contributed by atoms with E-state index in [1.165, 1.54) is 18.1 Å². The maximum Gasteiger partial charge on any atom is 0.269 e. The molecule has 1 heterocycles. The van der Waals surface area contributed by atoms with Gasteiger partial charge in [-0.2, -0.15) is 0 Å². The van der Waals surface area contributed by atoms with Crippen LogP contribution in [0.1, 0.15) is 15.9 Å². The number of nitrogens with one attached hydrogen (secondary N) is 2. The third-order valence-corrected chi connectivity index (χ3v) is 4.84. The Balaban J connectivity index is 1.72. The molecule has 0 aliphatic heterocycles. The van der Waals surface area contributed by atoms with E-state index in [0.717, 1.165) is 10.5 Å². The molecule has 0 atom stereocenters. The Morgan fingerprint density at radius 1 is 1.12 bits per heavy atom. The fraction of sp³-hybridized carbons (Fsp3) is 0.0556. The molecule has 3 aromatic rings. The van der Waals surface area contributed by atoms with Crippen molar-refractivity contribution in [3.63, 3.8) is 0 Å². The van der Waals surface area contributed by atoms with Crippen LogP contribution in [0.15, 0.2) is 64.8 Å². The van der Waals surface area contributed by atoms with E-state index in [-0.39, 0.29) is 5.91 Å². The summed E-state index contributed by atoms with van der Waals surface area (Å²) in [6.45, 7) is 1.87. The largest absolute Gasteiger partial charge is 0.393 e. The summed E-state index contributed by atoms with van der Waals surface area (Å²) < 4.78 is 0. The Morgan fingerprint density at radius 2 is 1.85 bits per heavy atom. The number of aryl methyl sites for hydroxylation is 1. The SMILES string of the molecule is Cc1ccccc1C(=O)NNc1ncnc(Sc2ccc(Cl)cc2)c1N. The van der Waals surface area contributed by atoms with Crippen LogP contribution in [0, 0.1) is 6.92 Å². The zero-order valence-corrected chi connectivity index (χ0v) is 15.4. The number of amides is 1. The van der Waals surface area contributed by atoms with Crippen LogP contribution in [-0.2, 0) is 0 Å². The van der Waals surface area contributed by atoms with Crippen LogP contribution in [-0.4, -0.2) is 15.9 Å².